The quantitative estimate of drug-likeness (QED) is 0.634. The van der Waals surface area contributed by atoms with Gasteiger partial charge in [0.05, 0.1) is 10.6 Å². The Labute approximate surface area is 92.1 Å². The summed E-state index contributed by atoms with van der Waals surface area (Å²) in [5.74, 6) is 1.81. The van der Waals surface area contributed by atoms with Crippen molar-refractivity contribution >= 4 is 17.9 Å². The number of hydrogen-bond donors (Lipinski definition) is 0. The van der Waals surface area contributed by atoms with Crippen molar-refractivity contribution in [2.24, 2.45) is 0 Å². The number of nitrogens with zero attached hydrogens (tertiary/aromatic N) is 4. The predicted molar refractivity (Wildman–Crippen MR) is 60.4 cm³/mol. The molecule has 0 bridgehead atoms. The van der Waals surface area contributed by atoms with Crippen LogP contribution in [0.15, 0.2) is 29.2 Å². The molecule has 0 atom stereocenters. The van der Waals surface area contributed by atoms with Crippen LogP contribution in [0.25, 0.3) is 5.69 Å². The summed E-state index contributed by atoms with van der Waals surface area (Å²) in [5, 5.41) is 8.26. The van der Waals surface area contributed by atoms with Gasteiger partial charge in [0.1, 0.15) is 5.82 Å². The highest BCUT2D eigenvalue weighted by Crippen LogP contribution is 2.37. The maximum Gasteiger partial charge on any atom is 0.241 e. The Kier molecular flexibility index (Phi) is 1.76. The van der Waals surface area contributed by atoms with E-state index in [9.17, 15) is 0 Å². The second kappa shape index (κ2) is 3.00. The molecule has 0 saturated heterocycles. The summed E-state index contributed by atoms with van der Waals surface area (Å²) in [5.41, 5.74) is 1.16. The van der Waals surface area contributed by atoms with Crippen LogP contribution in [-0.4, -0.2) is 21.8 Å². The van der Waals surface area contributed by atoms with Crippen molar-refractivity contribution in [3.8, 4) is 5.69 Å². The zero-order chi connectivity index (χ0) is 10.4. The van der Waals surface area contributed by atoms with Crippen LogP contribution in [-0.2, 0) is 0 Å². The topological polar surface area (TPSA) is 34.0 Å². The number of anilines is 1. The fraction of sp³-hybridized carbons (Fsp3) is 0.200. The number of aryl methyl sites for hydroxylation is 1. The number of aromatic nitrogens is 3. The van der Waals surface area contributed by atoms with Gasteiger partial charge in [-0.2, -0.15) is 0 Å². The highest BCUT2D eigenvalue weighted by atomic mass is 32.2. The molecule has 2 aromatic rings. The van der Waals surface area contributed by atoms with Crippen molar-refractivity contribution in [1.29, 1.82) is 0 Å². The Morgan fingerprint density at radius 1 is 1.20 bits per heavy atom. The van der Waals surface area contributed by atoms with Crippen molar-refractivity contribution < 1.29 is 0 Å². The minimum absolute atomic E-state index is 0.885. The summed E-state index contributed by atoms with van der Waals surface area (Å²) in [6.07, 6.45) is 0. The first-order chi connectivity index (χ1) is 7.27. The van der Waals surface area contributed by atoms with Crippen molar-refractivity contribution in [3.63, 3.8) is 0 Å². The molecule has 0 spiro atoms. The molecule has 1 aromatic carbocycles. The number of rotatable bonds is 0. The third-order valence-corrected chi connectivity index (χ3v) is 3.41. The zero-order valence-electron chi connectivity index (χ0n) is 8.51. The third kappa shape index (κ3) is 1.16. The lowest BCUT2D eigenvalue weighted by atomic mass is 10.3. The van der Waals surface area contributed by atoms with Crippen LogP contribution in [0, 0.1) is 6.92 Å². The lowest BCUT2D eigenvalue weighted by Crippen LogP contribution is -2.18. The molecule has 76 valence electrons. The largest absolute Gasteiger partial charge is 0.283 e. The zero-order valence-corrected chi connectivity index (χ0v) is 9.32. The number of benzene rings is 1. The van der Waals surface area contributed by atoms with E-state index in [1.807, 2.05) is 30.4 Å². The van der Waals surface area contributed by atoms with Gasteiger partial charge in [0.25, 0.3) is 0 Å². The van der Waals surface area contributed by atoms with E-state index < -0.39 is 0 Å². The van der Waals surface area contributed by atoms with E-state index in [0.29, 0.717) is 0 Å². The number of fused-ring (bicyclic) bond motifs is 3. The summed E-state index contributed by atoms with van der Waals surface area (Å²) in [6.45, 7) is 1.97. The fourth-order valence-electron chi connectivity index (χ4n) is 1.74. The Balaban J connectivity index is 2.33. The van der Waals surface area contributed by atoms with E-state index >= 15 is 0 Å². The first-order valence-electron chi connectivity index (χ1n) is 4.70. The van der Waals surface area contributed by atoms with E-state index in [1.54, 1.807) is 11.9 Å². The second-order valence-corrected chi connectivity index (χ2v) is 4.61. The molecule has 4 nitrogen and oxygen atoms in total. The van der Waals surface area contributed by atoms with Gasteiger partial charge >= 0.3 is 0 Å². The van der Waals surface area contributed by atoms with Gasteiger partial charge in [0.2, 0.25) is 5.95 Å². The molecule has 3 rings (SSSR count). The van der Waals surface area contributed by atoms with Gasteiger partial charge in [0, 0.05) is 7.05 Å². The summed E-state index contributed by atoms with van der Waals surface area (Å²) < 4.78 is 4.11. The molecule has 0 amide bonds. The van der Waals surface area contributed by atoms with Gasteiger partial charge in [-0.05, 0) is 31.0 Å². The molecule has 2 heterocycles. The monoisotopic (exact) mass is 218 g/mol. The normalized spacial score (nSPS) is 13.6. The molecule has 0 unspecified atom stereocenters. The minimum atomic E-state index is 0.885. The summed E-state index contributed by atoms with van der Waals surface area (Å²) in [6, 6.07) is 8.28. The van der Waals surface area contributed by atoms with Crippen molar-refractivity contribution in [2.45, 2.75) is 11.8 Å². The minimum Gasteiger partial charge on any atom is -0.283 e. The van der Waals surface area contributed by atoms with Crippen LogP contribution >= 0.6 is 11.9 Å². The molecular formula is C10H10N4S. The van der Waals surface area contributed by atoms with Crippen molar-refractivity contribution in [3.05, 3.63) is 30.1 Å². The molecule has 1 aliphatic heterocycles. The average Bonchev–Trinajstić information content (AvgIpc) is 2.62. The number of para-hydroxylation sites is 1. The molecule has 1 aromatic heterocycles. The number of hydrogen-bond acceptors (Lipinski definition) is 4. The Morgan fingerprint density at radius 2 is 2.00 bits per heavy atom. The van der Waals surface area contributed by atoms with Crippen LogP contribution in [0.1, 0.15) is 5.82 Å². The Bertz CT molecular complexity index is 520. The molecular weight excluding hydrogens is 208 g/mol. The van der Waals surface area contributed by atoms with Crippen molar-refractivity contribution in [2.75, 3.05) is 11.4 Å². The van der Waals surface area contributed by atoms with E-state index in [2.05, 4.69) is 26.9 Å². The van der Waals surface area contributed by atoms with Gasteiger partial charge in [-0.1, -0.05) is 12.1 Å². The first-order valence-corrected chi connectivity index (χ1v) is 5.48. The SMILES string of the molecule is Cc1nnc2n1-c1ccccc1SN2C. The van der Waals surface area contributed by atoms with Crippen LogP contribution in [0.4, 0.5) is 5.95 Å². The van der Waals surface area contributed by atoms with Gasteiger partial charge in [-0.25, -0.2) is 0 Å². The predicted octanol–water partition coefficient (Wildman–Crippen LogP) is 2.03. The summed E-state index contributed by atoms with van der Waals surface area (Å²) in [7, 11) is 2.00. The standard InChI is InChI=1S/C10H10N4S/c1-7-11-12-10-13(2)15-9-6-4-3-5-8(9)14(7)10/h3-6H,1-2H3. The molecule has 0 fully saturated rings. The van der Waals surface area contributed by atoms with Gasteiger partial charge < -0.3 is 0 Å². The van der Waals surface area contributed by atoms with Crippen molar-refractivity contribution in [1.82, 2.24) is 14.8 Å². The second-order valence-electron chi connectivity index (χ2n) is 3.44. The van der Waals surface area contributed by atoms with E-state index in [4.69, 9.17) is 0 Å². The highest BCUT2D eigenvalue weighted by molar-refractivity contribution is 8.00. The summed E-state index contributed by atoms with van der Waals surface area (Å²) in [4.78, 5) is 1.23. The Morgan fingerprint density at radius 3 is 2.87 bits per heavy atom. The van der Waals surface area contributed by atoms with Crippen LogP contribution in [0.3, 0.4) is 0 Å². The smallest absolute Gasteiger partial charge is 0.241 e. The lowest BCUT2D eigenvalue weighted by molar-refractivity contribution is 0.932. The summed E-state index contributed by atoms with van der Waals surface area (Å²) >= 11 is 1.68. The highest BCUT2D eigenvalue weighted by Gasteiger charge is 2.23. The van der Waals surface area contributed by atoms with E-state index in [1.165, 1.54) is 4.90 Å². The van der Waals surface area contributed by atoms with Gasteiger partial charge in [0.15, 0.2) is 0 Å². The van der Waals surface area contributed by atoms with Crippen LogP contribution < -0.4 is 4.31 Å². The Hall–Kier alpha value is -1.49. The third-order valence-electron chi connectivity index (χ3n) is 2.43. The molecule has 0 aliphatic carbocycles. The first kappa shape index (κ1) is 8.79. The average molecular weight is 218 g/mol. The maximum absolute atomic E-state index is 4.15. The molecule has 5 heteroatoms. The van der Waals surface area contributed by atoms with Gasteiger partial charge in [-0.15, -0.1) is 10.2 Å². The van der Waals surface area contributed by atoms with Gasteiger partial charge in [-0.3, -0.25) is 8.87 Å². The molecule has 0 radical (unpaired) electrons. The lowest BCUT2D eigenvalue weighted by Gasteiger charge is -2.25. The maximum atomic E-state index is 4.15. The molecule has 0 saturated carbocycles. The van der Waals surface area contributed by atoms with Crippen LogP contribution in [0.2, 0.25) is 0 Å². The molecule has 0 N–H and O–H groups in total. The van der Waals surface area contributed by atoms with Crippen LogP contribution in [0.5, 0.6) is 0 Å². The fourth-order valence-corrected chi connectivity index (χ4v) is 2.63. The van der Waals surface area contributed by atoms with E-state index in [-0.39, 0.29) is 0 Å². The molecule has 15 heavy (non-hydrogen) atoms. The van der Waals surface area contributed by atoms with E-state index in [0.717, 1.165) is 17.5 Å². The molecule has 1 aliphatic rings.